The van der Waals surface area contributed by atoms with Crippen molar-refractivity contribution in [2.45, 2.75) is 41.0 Å². The molecule has 1 heterocycles. The van der Waals surface area contributed by atoms with E-state index < -0.39 is 0 Å². The highest BCUT2D eigenvalue weighted by atomic mass is 32.1. The lowest BCUT2D eigenvalue weighted by Gasteiger charge is -2.06. The number of rotatable bonds is 2. The molecule has 1 aromatic heterocycles. The van der Waals surface area contributed by atoms with Gasteiger partial charge in [0.15, 0.2) is 5.78 Å². The van der Waals surface area contributed by atoms with Gasteiger partial charge in [0, 0.05) is 6.84 Å². The van der Waals surface area contributed by atoms with Gasteiger partial charge in [-0.15, -0.1) is 11.3 Å². The van der Waals surface area contributed by atoms with Crippen molar-refractivity contribution in [2.75, 3.05) is 0 Å². The van der Waals surface area contributed by atoms with Crippen molar-refractivity contribution in [2.24, 2.45) is 5.41 Å². The van der Waals surface area contributed by atoms with Crippen LogP contribution >= 0.6 is 11.3 Å². The molecular formula is C14H20OS. The number of hydrogen-bond donors (Lipinski definition) is 0. The highest BCUT2D eigenvalue weighted by molar-refractivity contribution is 7.14. The van der Waals surface area contributed by atoms with Crippen LogP contribution in [-0.2, 0) is 6.42 Å². The van der Waals surface area contributed by atoms with Gasteiger partial charge in [0.2, 0.25) is 0 Å². The summed E-state index contributed by atoms with van der Waals surface area (Å²) in [5.41, 5.74) is 1.13. The summed E-state index contributed by atoms with van der Waals surface area (Å²) in [4.78, 5) is 13.3. The minimum Gasteiger partial charge on any atom is -0.294 e. The largest absolute Gasteiger partial charge is 0.294 e. The highest BCUT2D eigenvalue weighted by Crippen LogP contribution is 2.23. The molecule has 0 aromatic carbocycles. The SMILES string of the molecule is CCc1cc(C#CC(C)(C)C)sc1C(C)=O.[HH]. The molecule has 0 amide bonds. The second-order valence-electron chi connectivity index (χ2n) is 4.87. The fourth-order valence-corrected chi connectivity index (χ4v) is 2.30. The van der Waals surface area contributed by atoms with E-state index in [9.17, 15) is 4.79 Å². The number of aryl methyl sites for hydroxylation is 1. The van der Waals surface area contributed by atoms with E-state index in [4.69, 9.17) is 0 Å². The van der Waals surface area contributed by atoms with Gasteiger partial charge >= 0.3 is 0 Å². The Kier molecular flexibility index (Phi) is 3.93. The summed E-state index contributed by atoms with van der Waals surface area (Å²) in [6.07, 6.45) is 0.891. The molecule has 0 N–H and O–H groups in total. The summed E-state index contributed by atoms with van der Waals surface area (Å²) in [5.74, 6) is 6.49. The Hall–Kier alpha value is -1.07. The topological polar surface area (TPSA) is 17.1 Å². The second kappa shape index (κ2) is 4.84. The van der Waals surface area contributed by atoms with Crippen LogP contribution in [0.5, 0.6) is 0 Å². The predicted octanol–water partition coefficient (Wildman–Crippen LogP) is 4.16. The van der Waals surface area contributed by atoms with E-state index in [2.05, 4.69) is 39.5 Å². The van der Waals surface area contributed by atoms with Crippen molar-refractivity contribution in [1.82, 2.24) is 0 Å². The maximum absolute atomic E-state index is 11.4. The molecule has 1 nitrogen and oxygen atoms in total. The average molecular weight is 236 g/mol. The van der Waals surface area contributed by atoms with Crippen LogP contribution in [-0.4, -0.2) is 5.78 Å². The van der Waals surface area contributed by atoms with Crippen molar-refractivity contribution in [1.29, 1.82) is 0 Å². The van der Waals surface area contributed by atoms with Gasteiger partial charge in [-0.25, -0.2) is 0 Å². The monoisotopic (exact) mass is 236 g/mol. The molecule has 0 atom stereocenters. The summed E-state index contributed by atoms with van der Waals surface area (Å²) in [7, 11) is 0. The molecule has 0 fully saturated rings. The maximum atomic E-state index is 11.4. The van der Waals surface area contributed by atoms with Crippen molar-refractivity contribution in [3.05, 3.63) is 21.4 Å². The van der Waals surface area contributed by atoms with Crippen LogP contribution in [0.15, 0.2) is 6.07 Å². The van der Waals surface area contributed by atoms with Crippen molar-refractivity contribution in [3.63, 3.8) is 0 Å². The molecule has 0 unspecified atom stereocenters. The fraction of sp³-hybridized carbons (Fsp3) is 0.500. The van der Waals surface area contributed by atoms with Crippen LogP contribution < -0.4 is 0 Å². The third-order valence-corrected chi connectivity index (χ3v) is 3.26. The van der Waals surface area contributed by atoms with E-state index in [0.717, 1.165) is 21.7 Å². The van der Waals surface area contributed by atoms with Gasteiger partial charge < -0.3 is 0 Å². The standard InChI is InChI=1S/C14H18OS.H2/c1-6-11-9-12(7-8-14(3,4)5)16-13(11)10(2)15;/h9H,6H2,1-5H3;1H. The Balaban J connectivity index is 0.00000256. The van der Waals surface area contributed by atoms with Crippen LogP contribution in [0, 0.1) is 17.3 Å². The zero-order valence-electron chi connectivity index (χ0n) is 10.6. The average Bonchev–Trinajstić information content (AvgIpc) is 2.56. The van der Waals surface area contributed by atoms with Crippen molar-refractivity contribution < 1.29 is 6.22 Å². The fourth-order valence-electron chi connectivity index (χ4n) is 1.30. The van der Waals surface area contributed by atoms with E-state index in [1.165, 1.54) is 11.3 Å². The van der Waals surface area contributed by atoms with Crippen molar-refractivity contribution >= 4 is 17.1 Å². The summed E-state index contributed by atoms with van der Waals surface area (Å²) < 4.78 is 0. The van der Waals surface area contributed by atoms with Crippen LogP contribution in [0.1, 0.15) is 56.2 Å². The third kappa shape index (κ3) is 3.50. The molecule has 1 rings (SSSR count). The van der Waals surface area contributed by atoms with Gasteiger partial charge in [-0.2, -0.15) is 0 Å². The summed E-state index contributed by atoms with van der Waals surface area (Å²) in [6, 6.07) is 2.04. The normalized spacial score (nSPS) is 10.8. The molecular weight excluding hydrogens is 216 g/mol. The van der Waals surface area contributed by atoms with Gasteiger partial charge in [0.25, 0.3) is 0 Å². The Morgan fingerprint density at radius 3 is 2.50 bits per heavy atom. The van der Waals surface area contributed by atoms with Crippen LogP contribution in [0.4, 0.5) is 0 Å². The Labute approximate surface area is 103 Å². The summed E-state index contributed by atoms with van der Waals surface area (Å²) in [6.45, 7) is 9.93. The third-order valence-electron chi connectivity index (χ3n) is 2.07. The smallest absolute Gasteiger partial charge is 0.170 e. The summed E-state index contributed by atoms with van der Waals surface area (Å²) in [5, 5.41) is 0. The molecule has 0 aliphatic rings. The molecule has 16 heavy (non-hydrogen) atoms. The van der Waals surface area contributed by atoms with Crippen LogP contribution in [0.3, 0.4) is 0 Å². The van der Waals surface area contributed by atoms with Crippen molar-refractivity contribution in [3.8, 4) is 11.8 Å². The highest BCUT2D eigenvalue weighted by Gasteiger charge is 2.11. The van der Waals surface area contributed by atoms with Gasteiger partial charge in [-0.3, -0.25) is 4.79 Å². The second-order valence-corrected chi connectivity index (χ2v) is 5.93. The first-order valence-electron chi connectivity index (χ1n) is 5.50. The number of Topliss-reactive ketones (excluding diaryl/α,β-unsaturated/α-hetero) is 1. The molecule has 0 saturated heterocycles. The number of thiophene rings is 1. The van der Waals surface area contributed by atoms with E-state index in [0.29, 0.717) is 0 Å². The quantitative estimate of drug-likeness (QED) is 0.556. The number of ketones is 1. The minimum absolute atomic E-state index is 0. The Morgan fingerprint density at radius 1 is 1.50 bits per heavy atom. The van der Waals surface area contributed by atoms with Crippen LogP contribution in [0.2, 0.25) is 0 Å². The van der Waals surface area contributed by atoms with E-state index in [1.807, 2.05) is 6.07 Å². The number of hydrogen-bond acceptors (Lipinski definition) is 2. The lowest BCUT2D eigenvalue weighted by Crippen LogP contribution is -1.98. The molecule has 0 bridgehead atoms. The molecule has 0 aliphatic heterocycles. The minimum atomic E-state index is 0. The first-order valence-corrected chi connectivity index (χ1v) is 6.32. The first kappa shape index (κ1) is 13.0. The molecule has 1 aromatic rings. The lowest BCUT2D eigenvalue weighted by atomic mass is 9.98. The lowest BCUT2D eigenvalue weighted by molar-refractivity contribution is 0.102. The number of carbonyl (C=O) groups is 1. The van der Waals surface area contributed by atoms with Gasteiger partial charge in [0.05, 0.1) is 9.75 Å². The molecule has 88 valence electrons. The zero-order chi connectivity index (χ0) is 12.3. The Morgan fingerprint density at radius 2 is 2.12 bits per heavy atom. The zero-order valence-corrected chi connectivity index (χ0v) is 11.4. The number of carbonyl (C=O) groups excluding carboxylic acids is 1. The van der Waals surface area contributed by atoms with E-state index >= 15 is 0 Å². The Bertz CT molecular complexity index is 455. The predicted molar refractivity (Wildman–Crippen MR) is 72.1 cm³/mol. The van der Waals surface area contributed by atoms with E-state index in [-0.39, 0.29) is 12.6 Å². The molecule has 2 heteroatoms. The molecule has 0 aliphatic carbocycles. The molecule has 0 radical (unpaired) electrons. The molecule has 0 saturated carbocycles. The van der Waals surface area contributed by atoms with E-state index in [1.54, 1.807) is 6.92 Å². The first-order chi connectivity index (χ1) is 7.33. The van der Waals surface area contributed by atoms with Crippen LogP contribution in [0.25, 0.3) is 0 Å². The summed E-state index contributed by atoms with van der Waals surface area (Å²) >= 11 is 1.51. The maximum Gasteiger partial charge on any atom is 0.170 e. The van der Waals surface area contributed by atoms with Gasteiger partial charge in [0.1, 0.15) is 0 Å². The van der Waals surface area contributed by atoms with Gasteiger partial charge in [-0.05, 0) is 45.7 Å². The van der Waals surface area contributed by atoms with Gasteiger partial charge in [-0.1, -0.05) is 18.8 Å². The molecule has 0 spiro atoms.